The van der Waals surface area contributed by atoms with Crippen LogP contribution in [0.25, 0.3) is 28.0 Å². The van der Waals surface area contributed by atoms with Crippen molar-refractivity contribution >= 4 is 22.5 Å². The summed E-state index contributed by atoms with van der Waals surface area (Å²) in [5.74, 6) is -0.214. The number of hydrogen-bond donors (Lipinski definition) is 1. The van der Waals surface area contributed by atoms with E-state index in [4.69, 9.17) is 4.52 Å². The van der Waals surface area contributed by atoms with Gasteiger partial charge in [0.15, 0.2) is 11.5 Å². The van der Waals surface area contributed by atoms with Crippen LogP contribution in [0.3, 0.4) is 0 Å². The van der Waals surface area contributed by atoms with Crippen molar-refractivity contribution in [2.45, 2.75) is 13.1 Å². The first-order valence-electron chi connectivity index (χ1n) is 10.0. The van der Waals surface area contributed by atoms with E-state index in [9.17, 15) is 18.0 Å². The molecule has 3 aromatic heterocycles. The first-order valence-corrected chi connectivity index (χ1v) is 10.0. The molecule has 1 N–H and O–H groups in total. The molecule has 0 saturated heterocycles. The molecule has 0 spiro atoms. The van der Waals surface area contributed by atoms with Crippen molar-refractivity contribution in [1.29, 1.82) is 0 Å². The van der Waals surface area contributed by atoms with Crippen LogP contribution >= 0.6 is 0 Å². The zero-order valence-electron chi connectivity index (χ0n) is 17.5. The fourth-order valence-corrected chi connectivity index (χ4v) is 3.50. The van der Waals surface area contributed by atoms with Gasteiger partial charge in [-0.25, -0.2) is 14.6 Å². The number of alkyl halides is 3. The molecule has 2 aromatic carbocycles. The van der Waals surface area contributed by atoms with Crippen molar-refractivity contribution in [2.75, 3.05) is 5.32 Å². The monoisotopic (exact) mass is 464 g/mol. The Morgan fingerprint density at radius 3 is 2.56 bits per heavy atom. The second-order valence-corrected chi connectivity index (χ2v) is 7.37. The number of anilines is 1. The standard InChI is InChI=1S/C23H15F3N6O2/c1-13-17(12-29-34-13)22(33)30-15-8-7-14-10-27-21(31-19(14)9-15)18-11-28-32(20(18)23(24,25)26)16-5-3-2-4-6-16/h2-12H,1H3,(H,30,33). The van der Waals surface area contributed by atoms with E-state index in [1.54, 1.807) is 43.3 Å². The molecule has 5 rings (SSSR count). The van der Waals surface area contributed by atoms with Crippen LogP contribution in [0, 0.1) is 6.92 Å². The van der Waals surface area contributed by atoms with Crippen molar-refractivity contribution in [1.82, 2.24) is 24.9 Å². The van der Waals surface area contributed by atoms with Crippen LogP contribution in [0.2, 0.25) is 0 Å². The number of aryl methyl sites for hydroxylation is 1. The molecule has 0 atom stereocenters. The summed E-state index contributed by atoms with van der Waals surface area (Å²) in [5.41, 5.74) is 0.0462. The van der Waals surface area contributed by atoms with Crippen molar-refractivity contribution in [2.24, 2.45) is 0 Å². The Balaban J connectivity index is 1.55. The van der Waals surface area contributed by atoms with Gasteiger partial charge in [-0.15, -0.1) is 0 Å². The number of para-hydroxylation sites is 1. The molecule has 11 heteroatoms. The predicted octanol–water partition coefficient (Wildman–Crippen LogP) is 5.05. The normalized spacial score (nSPS) is 11.6. The largest absolute Gasteiger partial charge is 0.434 e. The first kappa shape index (κ1) is 21.3. The highest BCUT2D eigenvalue weighted by atomic mass is 19.4. The zero-order chi connectivity index (χ0) is 23.9. The van der Waals surface area contributed by atoms with Crippen LogP contribution < -0.4 is 5.32 Å². The third-order valence-electron chi connectivity index (χ3n) is 5.12. The highest BCUT2D eigenvalue weighted by Gasteiger charge is 2.39. The Morgan fingerprint density at radius 2 is 1.85 bits per heavy atom. The van der Waals surface area contributed by atoms with Gasteiger partial charge in [-0.1, -0.05) is 23.4 Å². The van der Waals surface area contributed by atoms with E-state index in [0.29, 0.717) is 22.4 Å². The van der Waals surface area contributed by atoms with Crippen molar-refractivity contribution < 1.29 is 22.5 Å². The Kier molecular flexibility index (Phi) is 5.08. The van der Waals surface area contributed by atoms with E-state index in [1.807, 2.05) is 0 Å². The van der Waals surface area contributed by atoms with Crippen LogP contribution in [0.5, 0.6) is 0 Å². The minimum atomic E-state index is -4.70. The van der Waals surface area contributed by atoms with Crippen molar-refractivity contribution in [3.63, 3.8) is 0 Å². The van der Waals surface area contributed by atoms with E-state index in [-0.39, 0.29) is 22.6 Å². The molecule has 34 heavy (non-hydrogen) atoms. The summed E-state index contributed by atoms with van der Waals surface area (Å²) in [4.78, 5) is 20.9. The van der Waals surface area contributed by atoms with Crippen molar-refractivity contribution in [3.8, 4) is 17.1 Å². The smallest absolute Gasteiger partial charge is 0.361 e. The summed E-state index contributed by atoms with van der Waals surface area (Å²) < 4.78 is 47.8. The van der Waals surface area contributed by atoms with E-state index < -0.39 is 17.8 Å². The molecule has 0 unspecified atom stereocenters. The number of amides is 1. The molecule has 0 bridgehead atoms. The van der Waals surface area contributed by atoms with Crippen LogP contribution in [0.4, 0.5) is 18.9 Å². The van der Waals surface area contributed by atoms with Gasteiger partial charge in [-0.05, 0) is 37.3 Å². The molecule has 0 aliphatic heterocycles. The lowest BCUT2D eigenvalue weighted by Crippen LogP contribution is -2.15. The second kappa shape index (κ2) is 8.10. The van der Waals surface area contributed by atoms with Gasteiger partial charge in [0.2, 0.25) is 0 Å². The number of hydrogen-bond acceptors (Lipinski definition) is 6. The fourth-order valence-electron chi connectivity index (χ4n) is 3.50. The summed E-state index contributed by atoms with van der Waals surface area (Å²) in [6, 6.07) is 12.9. The first-order chi connectivity index (χ1) is 16.3. The third kappa shape index (κ3) is 3.87. The number of carbonyl (C=O) groups excluding carboxylic acids is 1. The van der Waals surface area contributed by atoms with Gasteiger partial charge in [0.25, 0.3) is 5.91 Å². The van der Waals surface area contributed by atoms with Gasteiger partial charge >= 0.3 is 6.18 Å². The quantitative estimate of drug-likeness (QED) is 0.400. The Bertz CT molecular complexity index is 1510. The van der Waals surface area contributed by atoms with Gasteiger partial charge in [0, 0.05) is 17.3 Å². The van der Waals surface area contributed by atoms with Crippen LogP contribution in [-0.4, -0.2) is 30.8 Å². The van der Waals surface area contributed by atoms with Gasteiger partial charge in [-0.3, -0.25) is 4.79 Å². The van der Waals surface area contributed by atoms with Crippen LogP contribution in [-0.2, 0) is 6.18 Å². The molecular formula is C23H15F3N6O2. The maximum Gasteiger partial charge on any atom is 0.434 e. The number of nitrogens with one attached hydrogen (secondary N) is 1. The van der Waals surface area contributed by atoms with Gasteiger partial charge < -0.3 is 9.84 Å². The van der Waals surface area contributed by atoms with Gasteiger partial charge in [-0.2, -0.15) is 18.3 Å². The summed E-state index contributed by atoms with van der Waals surface area (Å²) in [6.07, 6.45) is -0.883. The minimum Gasteiger partial charge on any atom is -0.361 e. The zero-order valence-corrected chi connectivity index (χ0v) is 17.5. The fraction of sp³-hybridized carbons (Fsp3) is 0.0870. The summed E-state index contributed by atoms with van der Waals surface area (Å²) in [6.45, 7) is 1.61. The lowest BCUT2D eigenvalue weighted by molar-refractivity contribution is -0.142. The van der Waals surface area contributed by atoms with Crippen LogP contribution in [0.15, 0.2) is 71.6 Å². The maximum atomic E-state index is 14.0. The van der Waals surface area contributed by atoms with E-state index in [0.717, 1.165) is 10.9 Å². The molecular weight excluding hydrogens is 449 g/mol. The number of fused-ring (bicyclic) bond motifs is 1. The molecule has 8 nitrogen and oxygen atoms in total. The highest BCUT2D eigenvalue weighted by molar-refractivity contribution is 6.05. The summed E-state index contributed by atoms with van der Waals surface area (Å²) >= 11 is 0. The number of carbonyl (C=O) groups is 1. The number of halogens is 3. The molecule has 0 saturated carbocycles. The molecule has 0 aliphatic carbocycles. The number of benzene rings is 2. The molecule has 170 valence electrons. The summed E-state index contributed by atoms with van der Waals surface area (Å²) in [5, 5.41) is 10.8. The average Bonchev–Trinajstić information content (AvgIpc) is 3.46. The van der Waals surface area contributed by atoms with E-state index >= 15 is 0 Å². The SMILES string of the molecule is Cc1oncc1C(=O)Nc1ccc2cnc(-c3cnn(-c4ccccc4)c3C(F)(F)F)nc2c1. The average molecular weight is 464 g/mol. The molecule has 3 heterocycles. The third-order valence-corrected chi connectivity index (χ3v) is 5.12. The lowest BCUT2D eigenvalue weighted by Gasteiger charge is -2.12. The predicted molar refractivity (Wildman–Crippen MR) is 116 cm³/mol. The number of rotatable bonds is 4. The Labute approximate surface area is 190 Å². The molecule has 0 aliphatic rings. The Hall–Kier alpha value is -4.54. The molecule has 5 aromatic rings. The lowest BCUT2D eigenvalue weighted by atomic mass is 10.1. The number of aromatic nitrogens is 5. The highest BCUT2D eigenvalue weighted by Crippen LogP contribution is 2.37. The maximum absolute atomic E-state index is 14.0. The molecule has 0 radical (unpaired) electrons. The van der Waals surface area contributed by atoms with E-state index in [2.05, 4.69) is 25.5 Å². The number of nitrogens with zero attached hydrogens (tertiary/aromatic N) is 5. The van der Waals surface area contributed by atoms with E-state index in [1.165, 1.54) is 24.5 Å². The van der Waals surface area contributed by atoms with Gasteiger partial charge in [0.1, 0.15) is 11.3 Å². The molecule has 0 fully saturated rings. The Morgan fingerprint density at radius 1 is 1.06 bits per heavy atom. The molecule has 1 amide bonds. The minimum absolute atomic E-state index is 0.139. The topological polar surface area (TPSA) is 98.7 Å². The second-order valence-electron chi connectivity index (χ2n) is 7.37. The van der Waals surface area contributed by atoms with Crippen molar-refractivity contribution in [3.05, 3.63) is 84.1 Å². The van der Waals surface area contributed by atoms with Crippen LogP contribution in [0.1, 0.15) is 21.8 Å². The van der Waals surface area contributed by atoms with Gasteiger partial charge in [0.05, 0.1) is 29.2 Å². The summed E-state index contributed by atoms with van der Waals surface area (Å²) in [7, 11) is 0.